The van der Waals surface area contributed by atoms with Crippen LogP contribution in [-0.2, 0) is 24.3 Å². The lowest BCUT2D eigenvalue weighted by Crippen LogP contribution is -2.47. The van der Waals surface area contributed by atoms with Gasteiger partial charge in [0.05, 0.1) is 12.6 Å². The average molecular weight is 286 g/mol. The van der Waals surface area contributed by atoms with Gasteiger partial charge in [0.1, 0.15) is 0 Å². The summed E-state index contributed by atoms with van der Waals surface area (Å²) in [6, 6.07) is 12.3. The van der Waals surface area contributed by atoms with Gasteiger partial charge in [-0.2, -0.15) is 0 Å². The second-order valence-electron chi connectivity index (χ2n) is 5.18. The van der Waals surface area contributed by atoms with Crippen molar-refractivity contribution in [2.75, 3.05) is 7.05 Å². The maximum atomic E-state index is 12.5. The smallest absolute Gasteiger partial charge is 0.240 e. The molecule has 0 bridgehead atoms. The third kappa shape index (κ3) is 2.76. The zero-order valence-electron chi connectivity index (χ0n) is 11.5. The van der Waals surface area contributed by atoms with Crippen LogP contribution < -0.4 is 5.32 Å². The van der Waals surface area contributed by atoms with Crippen molar-refractivity contribution in [3.63, 3.8) is 0 Å². The van der Waals surface area contributed by atoms with Gasteiger partial charge >= 0.3 is 0 Å². The van der Waals surface area contributed by atoms with Crippen LogP contribution in [0.1, 0.15) is 16.0 Å². The third-order valence-corrected chi connectivity index (χ3v) is 4.59. The van der Waals surface area contributed by atoms with Crippen molar-refractivity contribution >= 4 is 17.2 Å². The van der Waals surface area contributed by atoms with Crippen molar-refractivity contribution in [1.82, 2.24) is 10.2 Å². The molecule has 2 heterocycles. The molecule has 1 unspecified atom stereocenters. The van der Waals surface area contributed by atoms with Crippen molar-refractivity contribution in [3.8, 4) is 0 Å². The summed E-state index contributed by atoms with van der Waals surface area (Å²) in [6.45, 7) is 1.47. The molecule has 1 amide bonds. The van der Waals surface area contributed by atoms with E-state index < -0.39 is 0 Å². The van der Waals surface area contributed by atoms with E-state index in [9.17, 15) is 4.79 Å². The molecule has 1 atom stereocenters. The van der Waals surface area contributed by atoms with Gasteiger partial charge in [-0.25, -0.2) is 0 Å². The molecule has 3 nitrogen and oxygen atoms in total. The predicted octanol–water partition coefficient (Wildman–Crippen LogP) is 2.42. The minimum Gasteiger partial charge on any atom is -0.339 e. The van der Waals surface area contributed by atoms with Crippen LogP contribution in [0.15, 0.2) is 41.8 Å². The number of hydrogen-bond donors (Lipinski definition) is 1. The molecule has 1 aromatic carbocycles. The van der Waals surface area contributed by atoms with Crippen molar-refractivity contribution in [1.29, 1.82) is 0 Å². The molecule has 4 heteroatoms. The quantitative estimate of drug-likeness (QED) is 0.940. The van der Waals surface area contributed by atoms with E-state index in [4.69, 9.17) is 0 Å². The average Bonchev–Trinajstić information content (AvgIpc) is 2.99. The molecule has 104 valence electrons. The number of carbonyl (C=O) groups excluding carboxylic acids is 1. The monoisotopic (exact) mass is 286 g/mol. The normalized spacial score (nSPS) is 17.6. The lowest BCUT2D eigenvalue weighted by Gasteiger charge is -2.28. The van der Waals surface area contributed by atoms with E-state index >= 15 is 0 Å². The van der Waals surface area contributed by atoms with Crippen molar-refractivity contribution in [2.45, 2.75) is 25.6 Å². The number of rotatable bonds is 3. The van der Waals surface area contributed by atoms with Gasteiger partial charge in [0.15, 0.2) is 0 Å². The van der Waals surface area contributed by atoms with E-state index in [0.29, 0.717) is 6.54 Å². The molecule has 0 radical (unpaired) electrons. The fourth-order valence-corrected chi connectivity index (χ4v) is 3.37. The number of benzene rings is 1. The van der Waals surface area contributed by atoms with Crippen LogP contribution in [0.25, 0.3) is 0 Å². The number of amides is 1. The number of likely N-dealkylation sites (N-methyl/N-ethyl adjacent to an activating group) is 1. The molecule has 0 spiro atoms. The second kappa shape index (κ2) is 5.77. The maximum Gasteiger partial charge on any atom is 0.240 e. The first-order valence-corrected chi connectivity index (χ1v) is 7.69. The molecule has 1 aromatic heterocycles. The topological polar surface area (TPSA) is 32.3 Å². The second-order valence-corrected chi connectivity index (χ2v) is 6.21. The standard InChI is InChI=1S/C16H18N2OS/c1-18(11-14-7-4-8-20-14)16(19)15-9-12-5-2-3-6-13(12)10-17-15/h2-8,15,17H,9-11H2,1H3. The van der Waals surface area contributed by atoms with E-state index in [-0.39, 0.29) is 11.9 Å². The molecule has 0 aliphatic carbocycles. The number of nitrogens with one attached hydrogen (secondary N) is 1. The maximum absolute atomic E-state index is 12.5. The summed E-state index contributed by atoms with van der Waals surface area (Å²) in [5, 5.41) is 5.39. The van der Waals surface area contributed by atoms with Gasteiger partial charge in [-0.05, 0) is 29.0 Å². The zero-order valence-corrected chi connectivity index (χ0v) is 12.3. The van der Waals surface area contributed by atoms with E-state index in [1.165, 1.54) is 16.0 Å². The summed E-state index contributed by atoms with van der Waals surface area (Å²) in [7, 11) is 1.88. The van der Waals surface area contributed by atoms with Crippen molar-refractivity contribution < 1.29 is 4.79 Å². The molecule has 3 rings (SSSR count). The molecule has 1 N–H and O–H groups in total. The van der Waals surface area contributed by atoms with Crippen LogP contribution in [-0.4, -0.2) is 23.9 Å². The van der Waals surface area contributed by atoms with Crippen molar-refractivity contribution in [2.24, 2.45) is 0 Å². The summed E-state index contributed by atoms with van der Waals surface area (Å²) in [5.74, 6) is 0.174. The molecule has 2 aromatic rings. The predicted molar refractivity (Wildman–Crippen MR) is 81.6 cm³/mol. The third-order valence-electron chi connectivity index (χ3n) is 3.73. The molecular weight excluding hydrogens is 268 g/mol. The Morgan fingerprint density at radius 3 is 2.85 bits per heavy atom. The number of fused-ring (bicyclic) bond motifs is 1. The molecule has 0 saturated heterocycles. The Labute approximate surface area is 123 Å². The zero-order chi connectivity index (χ0) is 13.9. The Bertz CT molecular complexity index is 594. The molecule has 1 aliphatic heterocycles. The highest BCUT2D eigenvalue weighted by molar-refractivity contribution is 7.09. The van der Waals surface area contributed by atoms with Crippen LogP contribution >= 0.6 is 11.3 Å². The number of thiophene rings is 1. The van der Waals surface area contributed by atoms with Crippen LogP contribution in [0, 0.1) is 0 Å². The fraction of sp³-hybridized carbons (Fsp3) is 0.312. The van der Waals surface area contributed by atoms with E-state index in [2.05, 4.69) is 23.5 Å². The number of carbonyl (C=O) groups is 1. The highest BCUT2D eigenvalue weighted by atomic mass is 32.1. The summed E-state index contributed by atoms with van der Waals surface area (Å²) >= 11 is 1.69. The first kappa shape index (κ1) is 13.3. The van der Waals surface area contributed by atoms with Crippen LogP contribution in [0.4, 0.5) is 0 Å². The van der Waals surface area contributed by atoms with Gasteiger partial charge in [-0.15, -0.1) is 11.3 Å². The van der Waals surface area contributed by atoms with Gasteiger partial charge in [-0.1, -0.05) is 30.3 Å². The van der Waals surface area contributed by atoms with Crippen molar-refractivity contribution in [3.05, 3.63) is 57.8 Å². The molecule has 0 saturated carbocycles. The van der Waals surface area contributed by atoms with Crippen LogP contribution in [0.5, 0.6) is 0 Å². The Balaban J connectivity index is 1.66. The summed E-state index contributed by atoms with van der Waals surface area (Å²) in [6.07, 6.45) is 0.782. The first-order valence-electron chi connectivity index (χ1n) is 6.81. The van der Waals surface area contributed by atoms with E-state index in [0.717, 1.165) is 13.0 Å². The number of hydrogen-bond acceptors (Lipinski definition) is 3. The lowest BCUT2D eigenvalue weighted by molar-refractivity contribution is -0.132. The molecule has 20 heavy (non-hydrogen) atoms. The largest absolute Gasteiger partial charge is 0.339 e. The SMILES string of the molecule is CN(Cc1cccs1)C(=O)C1Cc2ccccc2CN1. The lowest BCUT2D eigenvalue weighted by atomic mass is 9.95. The molecular formula is C16H18N2OS. The van der Waals surface area contributed by atoms with E-state index in [1.54, 1.807) is 11.3 Å². The van der Waals surface area contributed by atoms with Gasteiger partial charge in [0.2, 0.25) is 5.91 Å². The van der Waals surface area contributed by atoms with E-state index in [1.807, 2.05) is 35.5 Å². The summed E-state index contributed by atoms with van der Waals surface area (Å²) in [5.41, 5.74) is 2.59. The summed E-state index contributed by atoms with van der Waals surface area (Å²) < 4.78 is 0. The highest BCUT2D eigenvalue weighted by Gasteiger charge is 2.26. The Morgan fingerprint density at radius 2 is 2.10 bits per heavy atom. The van der Waals surface area contributed by atoms with Crippen LogP contribution in [0.2, 0.25) is 0 Å². The Hall–Kier alpha value is -1.65. The van der Waals surface area contributed by atoms with Gasteiger partial charge in [0.25, 0.3) is 0 Å². The van der Waals surface area contributed by atoms with Crippen LogP contribution in [0.3, 0.4) is 0 Å². The van der Waals surface area contributed by atoms with Gasteiger partial charge in [-0.3, -0.25) is 4.79 Å². The van der Waals surface area contributed by atoms with Gasteiger partial charge < -0.3 is 10.2 Å². The minimum atomic E-state index is -0.102. The molecule has 0 fully saturated rings. The Morgan fingerprint density at radius 1 is 1.30 bits per heavy atom. The van der Waals surface area contributed by atoms with Gasteiger partial charge in [0, 0.05) is 18.5 Å². The Kier molecular flexibility index (Phi) is 3.85. The fourth-order valence-electron chi connectivity index (χ4n) is 2.61. The summed E-state index contributed by atoms with van der Waals surface area (Å²) in [4.78, 5) is 15.5. The first-order chi connectivity index (χ1) is 9.74. The minimum absolute atomic E-state index is 0.102. The molecule has 1 aliphatic rings. The highest BCUT2D eigenvalue weighted by Crippen LogP contribution is 2.18. The number of nitrogens with zero attached hydrogens (tertiary/aromatic N) is 1.